The molecular weight excluding hydrogens is 194 g/mol. The van der Waals surface area contributed by atoms with Gasteiger partial charge in [-0.15, -0.1) is 0 Å². The molecule has 1 heterocycles. The third kappa shape index (κ3) is 3.99. The number of aliphatic hydroxyl groups is 2. The summed E-state index contributed by atoms with van der Waals surface area (Å²) in [4.78, 5) is 6.30. The summed E-state index contributed by atoms with van der Waals surface area (Å²) >= 11 is 0. The molecule has 86 valence electrons. The minimum Gasteiger partial charge on any atom is -0.394 e. The highest BCUT2D eigenvalue weighted by Crippen LogP contribution is 2.01. The molecule has 5 heteroatoms. The fourth-order valence-corrected chi connectivity index (χ4v) is 1.34. The molecular formula is C10H19N3O2. The molecule has 0 radical (unpaired) electrons. The van der Waals surface area contributed by atoms with E-state index in [0.717, 1.165) is 18.8 Å². The molecule has 0 fully saturated rings. The Kier molecular flexibility index (Phi) is 4.74. The zero-order valence-electron chi connectivity index (χ0n) is 9.30. The summed E-state index contributed by atoms with van der Waals surface area (Å²) in [7, 11) is 4.02. The predicted molar refractivity (Wildman–Crippen MR) is 57.6 cm³/mol. The molecule has 1 atom stereocenters. The molecule has 1 rings (SSSR count). The van der Waals surface area contributed by atoms with Gasteiger partial charge in [-0.05, 0) is 14.1 Å². The van der Waals surface area contributed by atoms with Gasteiger partial charge in [-0.1, -0.05) is 0 Å². The van der Waals surface area contributed by atoms with Gasteiger partial charge in [0.05, 0.1) is 19.3 Å². The maximum absolute atomic E-state index is 9.32. The molecule has 0 spiro atoms. The maximum atomic E-state index is 9.32. The SMILES string of the molecule is CN(C)CCc1nccn1CC(O)CO. The van der Waals surface area contributed by atoms with Gasteiger partial charge >= 0.3 is 0 Å². The fraction of sp³-hybridized carbons (Fsp3) is 0.700. The Morgan fingerprint density at radius 3 is 2.87 bits per heavy atom. The highest BCUT2D eigenvalue weighted by atomic mass is 16.3. The van der Waals surface area contributed by atoms with E-state index in [1.165, 1.54) is 0 Å². The van der Waals surface area contributed by atoms with Crippen LogP contribution in [-0.2, 0) is 13.0 Å². The number of likely N-dealkylation sites (N-methyl/N-ethyl adjacent to an activating group) is 1. The average Bonchev–Trinajstić information content (AvgIpc) is 2.62. The van der Waals surface area contributed by atoms with Crippen LogP contribution in [0.1, 0.15) is 5.82 Å². The molecule has 1 unspecified atom stereocenters. The molecule has 15 heavy (non-hydrogen) atoms. The first-order valence-corrected chi connectivity index (χ1v) is 5.07. The van der Waals surface area contributed by atoms with E-state index in [2.05, 4.69) is 9.88 Å². The summed E-state index contributed by atoms with van der Waals surface area (Å²) in [5.41, 5.74) is 0. The van der Waals surface area contributed by atoms with Crippen LogP contribution in [0.2, 0.25) is 0 Å². The van der Waals surface area contributed by atoms with E-state index in [4.69, 9.17) is 5.11 Å². The largest absolute Gasteiger partial charge is 0.394 e. The first-order valence-electron chi connectivity index (χ1n) is 5.07. The predicted octanol–water partition coefficient (Wildman–Crippen LogP) is -0.660. The second kappa shape index (κ2) is 5.85. The van der Waals surface area contributed by atoms with Crippen molar-refractivity contribution in [1.29, 1.82) is 0 Å². The van der Waals surface area contributed by atoms with Gasteiger partial charge in [-0.3, -0.25) is 0 Å². The number of aromatic nitrogens is 2. The Labute approximate surface area is 90.0 Å². The van der Waals surface area contributed by atoms with Gasteiger partial charge in [-0.2, -0.15) is 0 Å². The monoisotopic (exact) mass is 213 g/mol. The van der Waals surface area contributed by atoms with E-state index in [9.17, 15) is 5.11 Å². The highest BCUT2D eigenvalue weighted by molar-refractivity contribution is 4.93. The molecule has 0 saturated carbocycles. The molecule has 0 bridgehead atoms. The number of hydrogen-bond donors (Lipinski definition) is 2. The number of nitrogens with zero attached hydrogens (tertiary/aromatic N) is 3. The lowest BCUT2D eigenvalue weighted by atomic mass is 10.3. The smallest absolute Gasteiger partial charge is 0.109 e. The first kappa shape index (κ1) is 12.2. The first-order chi connectivity index (χ1) is 7.13. The highest BCUT2D eigenvalue weighted by Gasteiger charge is 2.07. The van der Waals surface area contributed by atoms with E-state index in [0.29, 0.717) is 6.54 Å². The van der Waals surface area contributed by atoms with Crippen LogP contribution in [0.5, 0.6) is 0 Å². The third-order valence-corrected chi connectivity index (χ3v) is 2.20. The minimum atomic E-state index is -0.711. The van der Waals surface area contributed by atoms with Crippen LogP contribution in [0.4, 0.5) is 0 Å². The van der Waals surface area contributed by atoms with Gasteiger partial charge in [0.15, 0.2) is 0 Å². The molecule has 0 amide bonds. The van der Waals surface area contributed by atoms with Crippen molar-refractivity contribution in [2.45, 2.75) is 19.1 Å². The van der Waals surface area contributed by atoms with Gasteiger partial charge in [0, 0.05) is 25.4 Å². The fourth-order valence-electron chi connectivity index (χ4n) is 1.34. The van der Waals surface area contributed by atoms with Crippen molar-refractivity contribution in [2.75, 3.05) is 27.2 Å². The van der Waals surface area contributed by atoms with Gasteiger partial charge in [0.25, 0.3) is 0 Å². The van der Waals surface area contributed by atoms with E-state index >= 15 is 0 Å². The van der Waals surface area contributed by atoms with Gasteiger partial charge in [0.2, 0.25) is 0 Å². The molecule has 5 nitrogen and oxygen atoms in total. The van der Waals surface area contributed by atoms with Crippen LogP contribution in [0, 0.1) is 0 Å². The summed E-state index contributed by atoms with van der Waals surface area (Å²) in [5.74, 6) is 0.941. The molecule has 1 aromatic heterocycles. The van der Waals surface area contributed by atoms with E-state index < -0.39 is 6.10 Å². The Hall–Kier alpha value is -0.910. The molecule has 2 N–H and O–H groups in total. The van der Waals surface area contributed by atoms with Crippen molar-refractivity contribution in [3.63, 3.8) is 0 Å². The standard InChI is InChI=1S/C10H19N3O2/c1-12(2)5-3-10-11-4-6-13(10)7-9(15)8-14/h4,6,9,14-15H,3,5,7-8H2,1-2H3. The zero-order chi connectivity index (χ0) is 11.3. The minimum absolute atomic E-state index is 0.217. The Balaban J connectivity index is 2.53. The normalized spacial score (nSPS) is 13.4. The average molecular weight is 213 g/mol. The van der Waals surface area contributed by atoms with Crippen molar-refractivity contribution >= 4 is 0 Å². The van der Waals surface area contributed by atoms with E-state index in [-0.39, 0.29) is 6.61 Å². The van der Waals surface area contributed by atoms with Gasteiger partial charge in [-0.25, -0.2) is 4.98 Å². The van der Waals surface area contributed by atoms with Crippen LogP contribution in [-0.4, -0.2) is 58.0 Å². The number of imidazole rings is 1. The van der Waals surface area contributed by atoms with Gasteiger partial charge < -0.3 is 19.7 Å². The summed E-state index contributed by atoms with van der Waals surface area (Å²) in [6.45, 7) is 1.11. The van der Waals surface area contributed by atoms with Crippen LogP contribution in [0.25, 0.3) is 0 Å². The topological polar surface area (TPSA) is 61.5 Å². The van der Waals surface area contributed by atoms with Crippen molar-refractivity contribution < 1.29 is 10.2 Å². The molecule has 0 aromatic carbocycles. The zero-order valence-corrected chi connectivity index (χ0v) is 9.30. The van der Waals surface area contributed by atoms with Gasteiger partial charge in [0.1, 0.15) is 5.82 Å². The second-order valence-electron chi connectivity index (χ2n) is 3.89. The number of hydrogen-bond acceptors (Lipinski definition) is 4. The van der Waals surface area contributed by atoms with Crippen LogP contribution >= 0.6 is 0 Å². The summed E-state index contributed by atoms with van der Waals surface area (Å²) in [6, 6.07) is 0. The summed E-state index contributed by atoms with van der Waals surface area (Å²) in [5, 5.41) is 18.1. The quantitative estimate of drug-likeness (QED) is 0.658. The third-order valence-electron chi connectivity index (χ3n) is 2.20. The number of rotatable bonds is 6. The van der Waals surface area contributed by atoms with Crippen LogP contribution in [0.3, 0.4) is 0 Å². The molecule has 1 aromatic rings. The summed E-state index contributed by atoms with van der Waals surface area (Å²) in [6.07, 6.45) is 3.68. The van der Waals surface area contributed by atoms with E-state index in [1.54, 1.807) is 6.20 Å². The molecule has 0 aliphatic rings. The lowest BCUT2D eigenvalue weighted by Gasteiger charge is -2.13. The molecule has 0 aliphatic heterocycles. The van der Waals surface area contributed by atoms with Crippen molar-refractivity contribution in [3.8, 4) is 0 Å². The van der Waals surface area contributed by atoms with Crippen molar-refractivity contribution in [1.82, 2.24) is 14.5 Å². The van der Waals surface area contributed by atoms with Crippen LogP contribution < -0.4 is 0 Å². The molecule has 0 saturated heterocycles. The van der Waals surface area contributed by atoms with Crippen LogP contribution in [0.15, 0.2) is 12.4 Å². The Morgan fingerprint density at radius 2 is 2.27 bits per heavy atom. The van der Waals surface area contributed by atoms with E-state index in [1.807, 2.05) is 24.9 Å². The second-order valence-corrected chi connectivity index (χ2v) is 3.89. The number of aliphatic hydroxyl groups excluding tert-OH is 2. The maximum Gasteiger partial charge on any atom is 0.109 e. The lowest BCUT2D eigenvalue weighted by molar-refractivity contribution is 0.0804. The Morgan fingerprint density at radius 1 is 1.53 bits per heavy atom. The van der Waals surface area contributed by atoms with Crippen molar-refractivity contribution in [3.05, 3.63) is 18.2 Å². The summed E-state index contributed by atoms with van der Waals surface area (Å²) < 4.78 is 1.88. The van der Waals surface area contributed by atoms with Crippen molar-refractivity contribution in [2.24, 2.45) is 0 Å². The lowest BCUT2D eigenvalue weighted by Crippen LogP contribution is -2.22. The molecule has 0 aliphatic carbocycles. The Bertz CT molecular complexity index is 286.